The summed E-state index contributed by atoms with van der Waals surface area (Å²) in [5, 5.41) is 3.36. The van der Waals surface area contributed by atoms with Gasteiger partial charge in [0.25, 0.3) is 5.91 Å². The van der Waals surface area contributed by atoms with E-state index in [1.807, 2.05) is 13.8 Å². The van der Waals surface area contributed by atoms with E-state index in [9.17, 15) is 4.79 Å². The minimum atomic E-state index is -0.631. The summed E-state index contributed by atoms with van der Waals surface area (Å²) in [6, 6.07) is 3.37. The Labute approximate surface area is 126 Å². The third-order valence-electron chi connectivity index (χ3n) is 2.70. The molecule has 0 bridgehead atoms. The van der Waals surface area contributed by atoms with E-state index in [1.54, 1.807) is 19.1 Å². The quantitative estimate of drug-likeness (QED) is 0.801. The smallest absolute Gasteiger partial charge is 0.260 e. The summed E-state index contributed by atoms with van der Waals surface area (Å²) in [6.07, 6.45) is 0.236. The number of hydrogen-bond acceptors (Lipinski definition) is 3. The Balaban J connectivity index is 2.77. The molecule has 0 spiro atoms. The van der Waals surface area contributed by atoms with Crippen molar-refractivity contribution < 1.29 is 9.53 Å². The SMILES string of the molecule is CCC(C)NC(=O)C(C)Oc1c(N)cc(Cl)cc1Br. The second-order valence-corrected chi connectivity index (χ2v) is 5.67. The minimum Gasteiger partial charge on any atom is -0.478 e. The number of benzene rings is 1. The van der Waals surface area contributed by atoms with Crippen LogP contribution in [0.2, 0.25) is 5.02 Å². The van der Waals surface area contributed by atoms with Gasteiger partial charge in [-0.15, -0.1) is 0 Å². The Kier molecular flexibility index (Phi) is 5.94. The molecule has 0 aromatic heterocycles. The molecule has 1 rings (SSSR count). The molecule has 106 valence electrons. The number of carbonyl (C=O) groups excluding carboxylic acids is 1. The van der Waals surface area contributed by atoms with Gasteiger partial charge in [0.1, 0.15) is 0 Å². The normalized spacial score (nSPS) is 13.7. The number of carbonyl (C=O) groups is 1. The van der Waals surface area contributed by atoms with E-state index in [2.05, 4.69) is 21.2 Å². The molecule has 1 aromatic rings. The molecule has 2 atom stereocenters. The van der Waals surface area contributed by atoms with Crippen molar-refractivity contribution in [3.8, 4) is 5.75 Å². The van der Waals surface area contributed by atoms with E-state index in [-0.39, 0.29) is 11.9 Å². The first-order chi connectivity index (χ1) is 8.85. The number of anilines is 1. The summed E-state index contributed by atoms with van der Waals surface area (Å²) in [5.74, 6) is 0.256. The lowest BCUT2D eigenvalue weighted by Crippen LogP contribution is -2.41. The molecule has 4 nitrogen and oxygen atoms in total. The van der Waals surface area contributed by atoms with Gasteiger partial charge in [-0.3, -0.25) is 4.79 Å². The van der Waals surface area contributed by atoms with Crippen molar-refractivity contribution in [2.24, 2.45) is 0 Å². The van der Waals surface area contributed by atoms with E-state index >= 15 is 0 Å². The number of nitrogens with one attached hydrogen (secondary N) is 1. The summed E-state index contributed by atoms with van der Waals surface area (Å²) in [5.41, 5.74) is 6.22. The number of nitrogens with two attached hydrogens (primary N) is 1. The lowest BCUT2D eigenvalue weighted by atomic mass is 10.2. The van der Waals surface area contributed by atoms with Crippen LogP contribution in [0.5, 0.6) is 5.75 Å². The maximum atomic E-state index is 11.9. The van der Waals surface area contributed by atoms with Crippen LogP contribution in [0.15, 0.2) is 16.6 Å². The number of nitrogen functional groups attached to an aromatic ring is 1. The van der Waals surface area contributed by atoms with Crippen molar-refractivity contribution >= 4 is 39.1 Å². The van der Waals surface area contributed by atoms with Gasteiger partial charge in [-0.2, -0.15) is 0 Å². The highest BCUT2D eigenvalue weighted by Gasteiger charge is 2.19. The van der Waals surface area contributed by atoms with Gasteiger partial charge in [0.05, 0.1) is 10.2 Å². The topological polar surface area (TPSA) is 64.3 Å². The van der Waals surface area contributed by atoms with Gasteiger partial charge >= 0.3 is 0 Å². The van der Waals surface area contributed by atoms with Crippen LogP contribution in [0, 0.1) is 0 Å². The molecular formula is C13H18BrClN2O2. The standard InChI is InChI=1S/C13H18BrClN2O2/c1-4-7(2)17-13(18)8(3)19-12-10(14)5-9(15)6-11(12)16/h5-8H,4,16H2,1-3H3,(H,17,18). The van der Waals surface area contributed by atoms with Crippen molar-refractivity contribution in [3.63, 3.8) is 0 Å². The number of amides is 1. The Morgan fingerprint density at radius 2 is 2.16 bits per heavy atom. The highest BCUT2D eigenvalue weighted by atomic mass is 79.9. The van der Waals surface area contributed by atoms with E-state index < -0.39 is 6.10 Å². The van der Waals surface area contributed by atoms with Crippen LogP contribution >= 0.6 is 27.5 Å². The Bertz CT molecular complexity index is 445. The molecule has 19 heavy (non-hydrogen) atoms. The monoisotopic (exact) mass is 348 g/mol. The average Bonchev–Trinajstić information content (AvgIpc) is 2.32. The molecule has 0 heterocycles. The molecule has 6 heteroatoms. The molecule has 0 radical (unpaired) electrons. The van der Waals surface area contributed by atoms with Crippen LogP contribution in [-0.4, -0.2) is 18.1 Å². The van der Waals surface area contributed by atoms with Crippen molar-refractivity contribution in [1.29, 1.82) is 0 Å². The molecule has 2 unspecified atom stereocenters. The molecule has 0 aliphatic carbocycles. The van der Waals surface area contributed by atoms with Crippen molar-refractivity contribution in [2.75, 3.05) is 5.73 Å². The van der Waals surface area contributed by atoms with Crippen LogP contribution in [0.3, 0.4) is 0 Å². The molecule has 0 fully saturated rings. The zero-order valence-corrected chi connectivity index (χ0v) is 13.5. The molecule has 1 aromatic carbocycles. The van der Waals surface area contributed by atoms with Gasteiger partial charge in [0.15, 0.2) is 11.9 Å². The van der Waals surface area contributed by atoms with E-state index in [0.717, 1.165) is 6.42 Å². The Morgan fingerprint density at radius 1 is 1.53 bits per heavy atom. The third kappa shape index (κ3) is 4.58. The minimum absolute atomic E-state index is 0.115. The van der Waals surface area contributed by atoms with Crippen LogP contribution in [0.1, 0.15) is 27.2 Å². The molecule has 0 aliphatic heterocycles. The van der Waals surface area contributed by atoms with Crippen molar-refractivity contribution in [3.05, 3.63) is 21.6 Å². The fourth-order valence-electron chi connectivity index (χ4n) is 1.40. The van der Waals surface area contributed by atoms with Crippen LogP contribution in [0.4, 0.5) is 5.69 Å². The number of rotatable bonds is 5. The van der Waals surface area contributed by atoms with Gasteiger partial charge in [-0.05, 0) is 48.3 Å². The van der Waals surface area contributed by atoms with Gasteiger partial charge in [-0.25, -0.2) is 0 Å². The summed E-state index contributed by atoms with van der Waals surface area (Å²) in [6.45, 7) is 5.62. The van der Waals surface area contributed by atoms with E-state index in [1.165, 1.54) is 0 Å². The third-order valence-corrected chi connectivity index (χ3v) is 3.51. The van der Waals surface area contributed by atoms with Crippen molar-refractivity contribution in [2.45, 2.75) is 39.3 Å². The number of hydrogen-bond donors (Lipinski definition) is 2. The molecule has 0 saturated carbocycles. The second-order valence-electron chi connectivity index (χ2n) is 4.38. The summed E-state index contributed by atoms with van der Waals surface area (Å²) in [7, 11) is 0. The predicted molar refractivity (Wildman–Crippen MR) is 81.6 cm³/mol. The van der Waals surface area contributed by atoms with Crippen LogP contribution < -0.4 is 15.8 Å². The zero-order valence-electron chi connectivity index (χ0n) is 11.2. The van der Waals surface area contributed by atoms with Gasteiger partial charge in [-0.1, -0.05) is 18.5 Å². The summed E-state index contributed by atoms with van der Waals surface area (Å²) >= 11 is 9.18. The Hall–Kier alpha value is -0.940. The van der Waals surface area contributed by atoms with Gasteiger partial charge in [0.2, 0.25) is 0 Å². The summed E-state index contributed by atoms with van der Waals surface area (Å²) in [4.78, 5) is 11.9. The predicted octanol–water partition coefficient (Wildman–Crippen LogP) is 3.37. The Morgan fingerprint density at radius 3 is 2.68 bits per heavy atom. The van der Waals surface area contributed by atoms with Gasteiger partial charge < -0.3 is 15.8 Å². The maximum Gasteiger partial charge on any atom is 0.260 e. The fourth-order valence-corrected chi connectivity index (χ4v) is 2.32. The number of halogens is 2. The van der Waals surface area contributed by atoms with E-state index in [0.29, 0.717) is 20.9 Å². The molecule has 0 aliphatic rings. The second kappa shape index (κ2) is 7.01. The van der Waals surface area contributed by atoms with E-state index in [4.69, 9.17) is 22.1 Å². The lowest BCUT2D eigenvalue weighted by Gasteiger charge is -2.19. The molecule has 0 saturated heterocycles. The fraction of sp³-hybridized carbons (Fsp3) is 0.462. The molecule has 1 amide bonds. The van der Waals surface area contributed by atoms with Gasteiger partial charge in [0, 0.05) is 11.1 Å². The summed E-state index contributed by atoms with van der Waals surface area (Å²) < 4.78 is 6.22. The van der Waals surface area contributed by atoms with Crippen molar-refractivity contribution in [1.82, 2.24) is 5.32 Å². The average molecular weight is 350 g/mol. The highest BCUT2D eigenvalue weighted by Crippen LogP contribution is 2.35. The number of ether oxygens (including phenoxy) is 1. The largest absolute Gasteiger partial charge is 0.478 e. The molecule has 3 N–H and O–H groups in total. The van der Waals surface area contributed by atoms with Crippen LogP contribution in [0.25, 0.3) is 0 Å². The highest BCUT2D eigenvalue weighted by molar-refractivity contribution is 9.10. The first kappa shape index (κ1) is 16.1. The lowest BCUT2D eigenvalue weighted by molar-refractivity contribution is -0.127. The van der Waals surface area contributed by atoms with Crippen LogP contribution in [-0.2, 0) is 4.79 Å². The first-order valence-corrected chi connectivity index (χ1v) is 7.23. The zero-order chi connectivity index (χ0) is 14.6. The molecular weight excluding hydrogens is 332 g/mol. The maximum absolute atomic E-state index is 11.9. The first-order valence-electron chi connectivity index (χ1n) is 6.06.